The number of hydrogen-bond donors (Lipinski definition) is 0. The summed E-state index contributed by atoms with van der Waals surface area (Å²) in [6.45, 7) is 2.31. The van der Waals surface area contributed by atoms with Crippen molar-refractivity contribution in [2.24, 2.45) is 11.8 Å². The molecule has 97 valence electrons. The van der Waals surface area contributed by atoms with Crippen LogP contribution in [-0.2, 0) is 4.74 Å². The van der Waals surface area contributed by atoms with Crippen molar-refractivity contribution in [2.45, 2.75) is 70.3 Å². The highest BCUT2D eigenvalue weighted by Gasteiger charge is 2.40. The molecule has 0 amide bonds. The van der Waals surface area contributed by atoms with Crippen LogP contribution in [0.5, 0.6) is 0 Å². The van der Waals surface area contributed by atoms with Gasteiger partial charge in [-0.3, -0.25) is 0 Å². The third-order valence-corrected chi connectivity index (χ3v) is 4.98. The van der Waals surface area contributed by atoms with Gasteiger partial charge in [-0.1, -0.05) is 38.7 Å². The van der Waals surface area contributed by atoms with Crippen molar-refractivity contribution in [1.29, 1.82) is 0 Å². The van der Waals surface area contributed by atoms with E-state index in [2.05, 4.69) is 19.1 Å². The number of ether oxygens (including phenoxy) is 1. The monoisotopic (exact) mass is 235 g/mol. The van der Waals surface area contributed by atoms with Crippen molar-refractivity contribution in [3.63, 3.8) is 0 Å². The third kappa shape index (κ3) is 2.93. The van der Waals surface area contributed by atoms with E-state index in [1.165, 1.54) is 44.9 Å². The van der Waals surface area contributed by atoms with Crippen LogP contribution in [0.4, 0.5) is 0 Å². The molecule has 0 aromatic heterocycles. The van der Waals surface area contributed by atoms with Crippen LogP contribution in [0.1, 0.15) is 64.7 Å². The molecule has 0 aliphatic heterocycles. The first-order valence-corrected chi connectivity index (χ1v) is 7.41. The number of hydrogen-bond acceptors (Lipinski definition) is 1. The molecule has 1 fully saturated rings. The maximum Gasteiger partial charge on any atom is 0.0744 e. The summed E-state index contributed by atoms with van der Waals surface area (Å²) in [6, 6.07) is 0. The van der Waals surface area contributed by atoms with Gasteiger partial charge in [0.15, 0.2) is 0 Å². The molecule has 2 rings (SSSR count). The van der Waals surface area contributed by atoms with Gasteiger partial charge in [0, 0.05) is 7.11 Å². The second-order valence-corrected chi connectivity index (χ2v) is 5.89. The lowest BCUT2D eigenvalue weighted by atomic mass is 9.68. The summed E-state index contributed by atoms with van der Waals surface area (Å²) in [4.78, 5) is 0. The Balaban J connectivity index is 1.92. The van der Waals surface area contributed by atoms with Gasteiger partial charge in [0.05, 0.1) is 5.60 Å². The summed E-state index contributed by atoms with van der Waals surface area (Å²) in [6.07, 6.45) is 17.3. The molecular weight excluding hydrogens is 208 g/mol. The fourth-order valence-corrected chi connectivity index (χ4v) is 3.84. The first-order chi connectivity index (χ1) is 8.30. The van der Waals surface area contributed by atoms with E-state index in [-0.39, 0.29) is 5.60 Å². The summed E-state index contributed by atoms with van der Waals surface area (Å²) < 4.78 is 5.94. The molecule has 0 aromatic carbocycles. The van der Waals surface area contributed by atoms with Crippen molar-refractivity contribution in [2.75, 3.05) is 7.11 Å². The van der Waals surface area contributed by atoms with Crippen LogP contribution in [0.2, 0.25) is 0 Å². The molecule has 1 heteroatoms. The van der Waals surface area contributed by atoms with Gasteiger partial charge in [0.1, 0.15) is 0 Å². The van der Waals surface area contributed by atoms with E-state index in [0.717, 1.165) is 24.7 Å². The standard InChI is InChI=1S/C16H27O/c1-3-7-14-8-10-15(11-9-14)16(17-2)12-5-4-6-13-16/h5,14-15H,3,6-13H2,1-2H3. The maximum atomic E-state index is 5.94. The SMILES string of the molecule is CCCC1CCC(C2(OC)CC=[C]CC2)CC1. The Bertz CT molecular complexity index is 250. The Morgan fingerprint density at radius 2 is 2.06 bits per heavy atom. The quantitative estimate of drug-likeness (QED) is 0.696. The number of rotatable bonds is 4. The lowest BCUT2D eigenvalue weighted by molar-refractivity contribution is -0.0800. The van der Waals surface area contributed by atoms with E-state index in [9.17, 15) is 0 Å². The van der Waals surface area contributed by atoms with Crippen LogP contribution < -0.4 is 0 Å². The molecule has 0 heterocycles. The summed E-state index contributed by atoms with van der Waals surface area (Å²) in [5, 5.41) is 0. The lowest BCUT2D eigenvalue weighted by Gasteiger charge is -2.44. The fourth-order valence-electron chi connectivity index (χ4n) is 3.84. The van der Waals surface area contributed by atoms with E-state index < -0.39 is 0 Å². The Kier molecular flexibility index (Phi) is 4.67. The first kappa shape index (κ1) is 13.1. The zero-order valence-corrected chi connectivity index (χ0v) is 11.5. The predicted molar refractivity (Wildman–Crippen MR) is 71.8 cm³/mol. The van der Waals surface area contributed by atoms with Gasteiger partial charge < -0.3 is 4.74 Å². The predicted octanol–water partition coefficient (Wildman–Crippen LogP) is 4.52. The van der Waals surface area contributed by atoms with Crippen LogP contribution >= 0.6 is 0 Å². The summed E-state index contributed by atoms with van der Waals surface area (Å²) in [5.41, 5.74) is 0.155. The molecule has 2 aliphatic carbocycles. The normalized spacial score (nSPS) is 38.2. The van der Waals surface area contributed by atoms with Gasteiger partial charge in [-0.15, -0.1) is 0 Å². The average Bonchev–Trinajstić information content (AvgIpc) is 2.41. The minimum atomic E-state index is 0.155. The fraction of sp³-hybridized carbons (Fsp3) is 0.875. The highest BCUT2D eigenvalue weighted by Crippen LogP contribution is 2.43. The second-order valence-electron chi connectivity index (χ2n) is 5.89. The molecule has 1 radical (unpaired) electrons. The Hall–Kier alpha value is -0.300. The van der Waals surface area contributed by atoms with E-state index in [1.807, 2.05) is 7.11 Å². The van der Waals surface area contributed by atoms with E-state index >= 15 is 0 Å². The smallest absolute Gasteiger partial charge is 0.0744 e. The van der Waals surface area contributed by atoms with Crippen molar-refractivity contribution >= 4 is 0 Å². The summed E-state index contributed by atoms with van der Waals surface area (Å²) >= 11 is 0. The second kappa shape index (κ2) is 6.04. The molecule has 0 aromatic rings. The molecule has 1 unspecified atom stereocenters. The van der Waals surface area contributed by atoms with Crippen LogP contribution in [0.3, 0.4) is 0 Å². The van der Waals surface area contributed by atoms with Crippen molar-refractivity contribution in [3.05, 3.63) is 12.2 Å². The average molecular weight is 235 g/mol. The highest BCUT2D eigenvalue weighted by molar-refractivity contribution is 5.00. The van der Waals surface area contributed by atoms with Crippen LogP contribution in [0.25, 0.3) is 0 Å². The van der Waals surface area contributed by atoms with Gasteiger partial charge >= 0.3 is 0 Å². The zero-order chi connectivity index (χ0) is 12.1. The molecule has 0 spiro atoms. The number of methoxy groups -OCH3 is 1. The molecule has 0 bridgehead atoms. The first-order valence-electron chi connectivity index (χ1n) is 7.41. The molecule has 1 atom stereocenters. The highest BCUT2D eigenvalue weighted by atomic mass is 16.5. The summed E-state index contributed by atoms with van der Waals surface area (Å²) in [5.74, 6) is 1.79. The van der Waals surface area contributed by atoms with E-state index in [1.54, 1.807) is 0 Å². The minimum Gasteiger partial charge on any atom is -0.378 e. The Morgan fingerprint density at radius 3 is 2.59 bits per heavy atom. The van der Waals surface area contributed by atoms with Gasteiger partial charge in [0.25, 0.3) is 0 Å². The molecule has 0 N–H and O–H groups in total. The molecule has 17 heavy (non-hydrogen) atoms. The van der Waals surface area contributed by atoms with Gasteiger partial charge in [-0.25, -0.2) is 0 Å². The van der Waals surface area contributed by atoms with Gasteiger partial charge in [-0.2, -0.15) is 0 Å². The third-order valence-electron chi connectivity index (χ3n) is 4.98. The molecular formula is C16H27O. The summed E-state index contributed by atoms with van der Waals surface area (Å²) in [7, 11) is 1.91. The van der Waals surface area contributed by atoms with Crippen molar-refractivity contribution in [1.82, 2.24) is 0 Å². The molecule has 0 saturated heterocycles. The maximum absolute atomic E-state index is 5.94. The van der Waals surface area contributed by atoms with E-state index in [0.29, 0.717) is 0 Å². The largest absolute Gasteiger partial charge is 0.378 e. The van der Waals surface area contributed by atoms with Crippen LogP contribution in [0.15, 0.2) is 6.08 Å². The topological polar surface area (TPSA) is 9.23 Å². The minimum absolute atomic E-state index is 0.155. The van der Waals surface area contributed by atoms with Crippen LogP contribution in [0, 0.1) is 17.9 Å². The van der Waals surface area contributed by atoms with Gasteiger partial charge in [-0.05, 0) is 50.0 Å². The molecule has 2 aliphatic rings. The van der Waals surface area contributed by atoms with Gasteiger partial charge in [0.2, 0.25) is 0 Å². The van der Waals surface area contributed by atoms with Crippen molar-refractivity contribution < 1.29 is 4.74 Å². The van der Waals surface area contributed by atoms with Crippen molar-refractivity contribution in [3.8, 4) is 0 Å². The molecule has 1 saturated carbocycles. The van der Waals surface area contributed by atoms with E-state index in [4.69, 9.17) is 4.74 Å². The van der Waals surface area contributed by atoms with Crippen LogP contribution in [-0.4, -0.2) is 12.7 Å². The Morgan fingerprint density at radius 1 is 1.29 bits per heavy atom. The molecule has 1 nitrogen and oxygen atoms in total. The lowest BCUT2D eigenvalue weighted by Crippen LogP contribution is -2.42. The zero-order valence-electron chi connectivity index (χ0n) is 11.5. The number of allylic oxidation sites excluding steroid dienone is 1. The Labute approximate surface area is 107 Å².